The van der Waals surface area contributed by atoms with Crippen molar-refractivity contribution in [3.8, 4) is 0 Å². The summed E-state index contributed by atoms with van der Waals surface area (Å²) in [5.74, 6) is -0.461. The lowest BCUT2D eigenvalue weighted by atomic mass is 10.0. The summed E-state index contributed by atoms with van der Waals surface area (Å²) in [7, 11) is -3.94. The van der Waals surface area contributed by atoms with Crippen molar-refractivity contribution in [3.63, 3.8) is 0 Å². The van der Waals surface area contributed by atoms with E-state index in [0.29, 0.717) is 17.0 Å². The number of rotatable bonds is 4. The fourth-order valence-electron chi connectivity index (χ4n) is 3.29. The number of hydrazone groups is 1. The highest BCUT2D eigenvalue weighted by Crippen LogP contribution is 2.28. The highest BCUT2D eigenvalue weighted by molar-refractivity contribution is 7.89. The molecule has 3 aromatic carbocycles. The summed E-state index contributed by atoms with van der Waals surface area (Å²) in [6.07, 6.45) is 0. The minimum atomic E-state index is -3.94. The molecule has 0 saturated carbocycles. The maximum atomic E-state index is 13.1. The minimum Gasteiger partial charge on any atom is -0.324 e. The maximum Gasteiger partial charge on any atom is 0.280 e. The van der Waals surface area contributed by atoms with Gasteiger partial charge in [0.05, 0.1) is 4.90 Å². The van der Waals surface area contributed by atoms with Crippen LogP contribution in [0.15, 0.2) is 82.8 Å². The van der Waals surface area contributed by atoms with Gasteiger partial charge in [-0.3, -0.25) is 4.79 Å². The van der Waals surface area contributed by atoms with Crippen molar-refractivity contribution in [1.29, 1.82) is 0 Å². The summed E-state index contributed by atoms with van der Waals surface area (Å²) in [5.41, 5.74) is 4.58. The van der Waals surface area contributed by atoms with Crippen molar-refractivity contribution in [3.05, 3.63) is 95.1 Å². The van der Waals surface area contributed by atoms with Crippen LogP contribution in [0.5, 0.6) is 0 Å². The molecule has 1 aliphatic rings. The van der Waals surface area contributed by atoms with E-state index in [-0.39, 0.29) is 4.90 Å². The topological polar surface area (TPSA) is 78.8 Å². The van der Waals surface area contributed by atoms with Crippen molar-refractivity contribution in [1.82, 2.24) is 4.41 Å². The number of hydrogen-bond donors (Lipinski definition) is 1. The van der Waals surface area contributed by atoms with Crippen LogP contribution >= 0.6 is 0 Å². The molecule has 0 spiro atoms. The van der Waals surface area contributed by atoms with Crippen molar-refractivity contribution < 1.29 is 13.2 Å². The Morgan fingerprint density at radius 1 is 0.933 bits per heavy atom. The Labute approximate surface area is 175 Å². The standard InChI is InChI=1S/C23H21N3O3S/c1-16-12-13-19(14-17(16)2)24-22(27)15-26-25-23(18-8-4-3-5-9-18)20-10-6-7-11-21(20)30(26,28)29/h3-14H,15H2,1-2H3,(H,24,27). The number of nitrogens with one attached hydrogen (secondary N) is 1. The number of sulfonamides is 1. The van der Waals surface area contributed by atoms with Gasteiger partial charge in [-0.05, 0) is 43.2 Å². The van der Waals surface area contributed by atoms with Crippen LogP contribution in [0, 0.1) is 13.8 Å². The molecule has 1 heterocycles. The van der Waals surface area contributed by atoms with E-state index in [4.69, 9.17) is 0 Å². The van der Waals surface area contributed by atoms with Gasteiger partial charge in [-0.2, -0.15) is 17.9 Å². The van der Waals surface area contributed by atoms with Gasteiger partial charge in [0.15, 0.2) is 0 Å². The van der Waals surface area contributed by atoms with Crippen LogP contribution in [-0.2, 0) is 14.8 Å². The summed E-state index contributed by atoms with van der Waals surface area (Å²) < 4.78 is 27.1. The Morgan fingerprint density at radius 3 is 2.37 bits per heavy atom. The van der Waals surface area contributed by atoms with Gasteiger partial charge in [-0.15, -0.1) is 0 Å². The molecule has 1 N–H and O–H groups in total. The molecule has 4 rings (SSSR count). The van der Waals surface area contributed by atoms with E-state index >= 15 is 0 Å². The number of nitrogens with zero attached hydrogens (tertiary/aromatic N) is 2. The van der Waals surface area contributed by atoms with Gasteiger partial charge >= 0.3 is 0 Å². The summed E-state index contributed by atoms with van der Waals surface area (Å²) in [4.78, 5) is 12.8. The molecule has 0 aliphatic carbocycles. The first-order chi connectivity index (χ1) is 14.4. The Kier molecular flexibility index (Phi) is 5.13. The van der Waals surface area contributed by atoms with Gasteiger partial charge in [0.25, 0.3) is 10.0 Å². The molecular formula is C23H21N3O3S. The Bertz CT molecular complexity index is 1250. The third-order valence-corrected chi connectivity index (χ3v) is 6.70. The van der Waals surface area contributed by atoms with Gasteiger partial charge in [0.2, 0.25) is 5.91 Å². The van der Waals surface area contributed by atoms with Gasteiger partial charge in [-0.25, -0.2) is 0 Å². The zero-order valence-corrected chi connectivity index (χ0v) is 17.5. The molecule has 7 heteroatoms. The first kappa shape index (κ1) is 19.8. The van der Waals surface area contributed by atoms with Gasteiger partial charge in [0, 0.05) is 16.8 Å². The fourth-order valence-corrected chi connectivity index (χ4v) is 4.69. The minimum absolute atomic E-state index is 0.137. The molecule has 152 valence electrons. The molecule has 0 radical (unpaired) electrons. The summed E-state index contributed by atoms with van der Waals surface area (Å²) in [5, 5.41) is 7.12. The van der Waals surface area contributed by atoms with Crippen LogP contribution in [0.1, 0.15) is 22.3 Å². The van der Waals surface area contributed by atoms with Crippen molar-refractivity contribution in [2.45, 2.75) is 18.7 Å². The Hall–Kier alpha value is -3.45. The fraction of sp³-hybridized carbons (Fsp3) is 0.130. The van der Waals surface area contributed by atoms with Crippen LogP contribution in [-0.4, -0.2) is 31.0 Å². The molecule has 0 saturated heterocycles. The van der Waals surface area contributed by atoms with Crippen LogP contribution in [0.4, 0.5) is 5.69 Å². The largest absolute Gasteiger partial charge is 0.324 e. The highest BCUT2D eigenvalue weighted by atomic mass is 32.2. The second-order valence-corrected chi connectivity index (χ2v) is 8.95. The van der Waals surface area contributed by atoms with Crippen LogP contribution < -0.4 is 5.32 Å². The first-order valence-electron chi connectivity index (χ1n) is 9.49. The van der Waals surface area contributed by atoms with E-state index in [9.17, 15) is 13.2 Å². The predicted octanol–water partition coefficient (Wildman–Crippen LogP) is 3.70. The normalized spacial score (nSPS) is 14.6. The third kappa shape index (κ3) is 3.71. The van der Waals surface area contributed by atoms with E-state index in [1.807, 2.05) is 56.3 Å². The molecule has 0 atom stereocenters. The average molecular weight is 420 g/mol. The molecule has 0 unspecified atom stereocenters. The van der Waals surface area contributed by atoms with Gasteiger partial charge < -0.3 is 5.32 Å². The third-order valence-electron chi connectivity index (χ3n) is 5.03. The zero-order chi connectivity index (χ0) is 21.3. The number of hydrogen-bond acceptors (Lipinski definition) is 4. The number of benzene rings is 3. The summed E-state index contributed by atoms with van der Waals surface area (Å²) >= 11 is 0. The summed E-state index contributed by atoms with van der Waals surface area (Å²) in [6.45, 7) is 3.52. The average Bonchev–Trinajstić information content (AvgIpc) is 2.73. The number of amides is 1. The van der Waals surface area contributed by atoms with E-state index < -0.39 is 22.5 Å². The van der Waals surface area contributed by atoms with Crippen molar-refractivity contribution >= 4 is 27.3 Å². The van der Waals surface area contributed by atoms with E-state index in [0.717, 1.165) is 21.1 Å². The van der Waals surface area contributed by atoms with Crippen molar-refractivity contribution in [2.24, 2.45) is 5.10 Å². The lowest BCUT2D eigenvalue weighted by molar-refractivity contribution is -0.116. The molecule has 1 amide bonds. The molecule has 0 bridgehead atoms. The van der Waals surface area contributed by atoms with Gasteiger partial charge in [0.1, 0.15) is 12.3 Å². The molecule has 3 aromatic rings. The first-order valence-corrected chi connectivity index (χ1v) is 10.9. The zero-order valence-electron chi connectivity index (χ0n) is 16.7. The van der Waals surface area contributed by atoms with Crippen LogP contribution in [0.3, 0.4) is 0 Å². The lowest BCUT2D eigenvalue weighted by Gasteiger charge is -2.26. The van der Waals surface area contributed by atoms with E-state index in [1.54, 1.807) is 24.3 Å². The Balaban J connectivity index is 1.68. The van der Waals surface area contributed by atoms with E-state index in [2.05, 4.69) is 10.4 Å². The molecule has 6 nitrogen and oxygen atoms in total. The number of aryl methyl sites for hydroxylation is 2. The smallest absolute Gasteiger partial charge is 0.280 e. The number of carbonyl (C=O) groups is 1. The predicted molar refractivity (Wildman–Crippen MR) is 117 cm³/mol. The molecule has 30 heavy (non-hydrogen) atoms. The van der Waals surface area contributed by atoms with Crippen LogP contribution in [0.2, 0.25) is 0 Å². The molecule has 0 fully saturated rings. The Morgan fingerprint density at radius 2 is 1.63 bits per heavy atom. The van der Waals surface area contributed by atoms with Gasteiger partial charge in [-0.1, -0.05) is 54.6 Å². The molecule has 1 aliphatic heterocycles. The molecule has 0 aromatic heterocycles. The second-order valence-electron chi connectivity index (χ2n) is 7.14. The number of anilines is 1. The van der Waals surface area contributed by atoms with E-state index in [1.165, 1.54) is 6.07 Å². The SMILES string of the molecule is Cc1ccc(NC(=O)CN2N=C(c3ccccc3)c3ccccc3S2(=O)=O)cc1C. The lowest BCUT2D eigenvalue weighted by Crippen LogP contribution is -2.38. The second kappa shape index (κ2) is 7.76. The number of carbonyl (C=O) groups excluding carboxylic acids is 1. The highest BCUT2D eigenvalue weighted by Gasteiger charge is 2.34. The number of fused-ring (bicyclic) bond motifs is 1. The van der Waals surface area contributed by atoms with Crippen molar-refractivity contribution in [2.75, 3.05) is 11.9 Å². The quantitative estimate of drug-likeness (QED) is 0.700. The van der Waals surface area contributed by atoms with Crippen LogP contribution in [0.25, 0.3) is 0 Å². The summed E-state index contributed by atoms with van der Waals surface area (Å²) in [6, 6.07) is 21.6. The monoisotopic (exact) mass is 419 g/mol. The molecular weight excluding hydrogens is 398 g/mol. The maximum absolute atomic E-state index is 13.1.